The Kier molecular flexibility index (Phi) is 3.65. The lowest BCUT2D eigenvalue weighted by Crippen LogP contribution is -2.16. The number of carbonyl (C=O) groups is 1. The third kappa shape index (κ3) is 3.01. The molecule has 0 saturated heterocycles. The maximum absolute atomic E-state index is 13.3. The van der Waals surface area contributed by atoms with E-state index in [1.165, 1.54) is 25.4 Å². The highest BCUT2D eigenvalue weighted by Crippen LogP contribution is 2.12. The first kappa shape index (κ1) is 12.9. The summed E-state index contributed by atoms with van der Waals surface area (Å²) in [5.41, 5.74) is 0.445. The van der Waals surface area contributed by atoms with E-state index >= 15 is 0 Å². The largest absolute Gasteiger partial charge is 0.481 e. The molecule has 0 aliphatic rings. The molecule has 0 radical (unpaired) electrons. The fourth-order valence-electron chi connectivity index (χ4n) is 1.42. The molecule has 0 spiro atoms. The molecule has 0 saturated carbocycles. The predicted octanol–water partition coefficient (Wildman–Crippen LogP) is 1.58. The van der Waals surface area contributed by atoms with Gasteiger partial charge in [-0.2, -0.15) is 9.37 Å². The van der Waals surface area contributed by atoms with Crippen molar-refractivity contribution < 1.29 is 13.9 Å². The lowest BCUT2D eigenvalue weighted by molar-refractivity contribution is 0.102. The summed E-state index contributed by atoms with van der Waals surface area (Å²) in [6.07, 6.45) is 1.26. The summed E-state index contributed by atoms with van der Waals surface area (Å²) in [5, 5.41) is 2.39. The van der Waals surface area contributed by atoms with Gasteiger partial charge in [-0.1, -0.05) is 0 Å². The van der Waals surface area contributed by atoms with Gasteiger partial charge < -0.3 is 4.74 Å². The monoisotopic (exact) mass is 262 g/mol. The van der Waals surface area contributed by atoms with E-state index in [0.29, 0.717) is 11.6 Å². The average molecular weight is 262 g/mol. The number of hydrogen-bond acceptors (Lipinski definition) is 5. The van der Waals surface area contributed by atoms with Gasteiger partial charge in [-0.05, 0) is 19.1 Å². The van der Waals surface area contributed by atoms with Crippen molar-refractivity contribution in [2.45, 2.75) is 6.92 Å². The van der Waals surface area contributed by atoms with Gasteiger partial charge in [0.15, 0.2) is 0 Å². The van der Waals surface area contributed by atoms with Crippen molar-refractivity contribution in [1.82, 2.24) is 15.0 Å². The van der Waals surface area contributed by atoms with Gasteiger partial charge in [-0.15, -0.1) is 0 Å². The molecule has 6 nitrogen and oxygen atoms in total. The van der Waals surface area contributed by atoms with E-state index < -0.39 is 11.9 Å². The van der Waals surface area contributed by atoms with Crippen molar-refractivity contribution in [3.05, 3.63) is 41.6 Å². The lowest BCUT2D eigenvalue weighted by atomic mass is 10.2. The molecule has 0 bridgehead atoms. The van der Waals surface area contributed by atoms with E-state index in [0.717, 1.165) is 0 Å². The zero-order chi connectivity index (χ0) is 13.8. The molecule has 7 heteroatoms. The van der Waals surface area contributed by atoms with E-state index in [1.807, 2.05) is 0 Å². The molecule has 0 aliphatic heterocycles. The number of carbonyl (C=O) groups excluding carboxylic acids is 1. The third-order valence-corrected chi connectivity index (χ3v) is 2.27. The quantitative estimate of drug-likeness (QED) is 0.850. The summed E-state index contributed by atoms with van der Waals surface area (Å²) >= 11 is 0. The number of nitrogens with one attached hydrogen (secondary N) is 1. The Morgan fingerprint density at radius 3 is 2.89 bits per heavy atom. The second-order valence-corrected chi connectivity index (χ2v) is 3.67. The smallest absolute Gasteiger partial charge is 0.262 e. The van der Waals surface area contributed by atoms with Crippen LogP contribution >= 0.6 is 0 Å². The molecule has 2 aromatic heterocycles. The molecular weight excluding hydrogens is 251 g/mol. The number of methoxy groups -OCH3 is 1. The molecule has 0 aliphatic carbocycles. The second-order valence-electron chi connectivity index (χ2n) is 3.67. The SMILES string of the molecule is COc1cc(C)nc(NC(=O)c2cccnc2F)n1. The van der Waals surface area contributed by atoms with Crippen LogP contribution in [0.3, 0.4) is 0 Å². The zero-order valence-electron chi connectivity index (χ0n) is 10.3. The van der Waals surface area contributed by atoms with E-state index in [4.69, 9.17) is 4.74 Å². The molecule has 0 atom stereocenters. The third-order valence-electron chi connectivity index (χ3n) is 2.27. The minimum absolute atomic E-state index is 0.0464. The first-order valence-corrected chi connectivity index (χ1v) is 5.41. The highest BCUT2D eigenvalue weighted by atomic mass is 19.1. The molecule has 2 aromatic rings. The van der Waals surface area contributed by atoms with Crippen molar-refractivity contribution in [3.8, 4) is 5.88 Å². The molecule has 0 unspecified atom stereocenters. The topological polar surface area (TPSA) is 77.0 Å². The fourth-order valence-corrected chi connectivity index (χ4v) is 1.42. The average Bonchev–Trinajstić information content (AvgIpc) is 2.38. The molecule has 0 aromatic carbocycles. The molecular formula is C12H11FN4O2. The van der Waals surface area contributed by atoms with Gasteiger partial charge in [0.05, 0.1) is 12.7 Å². The number of halogens is 1. The number of pyridine rings is 1. The number of ether oxygens (including phenoxy) is 1. The molecule has 2 heterocycles. The van der Waals surface area contributed by atoms with Crippen LogP contribution in [-0.4, -0.2) is 28.0 Å². The Hall–Kier alpha value is -2.57. The van der Waals surface area contributed by atoms with Crippen LogP contribution in [0.5, 0.6) is 5.88 Å². The first-order valence-electron chi connectivity index (χ1n) is 5.41. The van der Waals surface area contributed by atoms with E-state index in [1.54, 1.807) is 13.0 Å². The van der Waals surface area contributed by atoms with Gasteiger partial charge in [-0.25, -0.2) is 9.97 Å². The Morgan fingerprint density at radius 2 is 2.21 bits per heavy atom. The summed E-state index contributed by atoms with van der Waals surface area (Å²) in [6, 6.07) is 4.40. The Bertz CT molecular complexity index is 618. The second kappa shape index (κ2) is 5.38. The molecule has 2 rings (SSSR count). The van der Waals surface area contributed by atoms with Crippen molar-refractivity contribution in [2.75, 3.05) is 12.4 Å². The van der Waals surface area contributed by atoms with E-state index in [9.17, 15) is 9.18 Å². The van der Waals surface area contributed by atoms with Crippen molar-refractivity contribution in [1.29, 1.82) is 0 Å². The van der Waals surface area contributed by atoms with Crippen molar-refractivity contribution >= 4 is 11.9 Å². The van der Waals surface area contributed by atoms with Gasteiger partial charge in [0, 0.05) is 18.0 Å². The van der Waals surface area contributed by atoms with Crippen LogP contribution in [0.2, 0.25) is 0 Å². The van der Waals surface area contributed by atoms with Gasteiger partial charge in [-0.3, -0.25) is 10.1 Å². The lowest BCUT2D eigenvalue weighted by Gasteiger charge is -2.06. The zero-order valence-corrected chi connectivity index (χ0v) is 10.3. The summed E-state index contributed by atoms with van der Waals surface area (Å²) < 4.78 is 18.3. The maximum atomic E-state index is 13.3. The number of amides is 1. The highest BCUT2D eigenvalue weighted by molar-refractivity contribution is 6.03. The van der Waals surface area contributed by atoms with Crippen molar-refractivity contribution in [2.24, 2.45) is 0 Å². The number of anilines is 1. The van der Waals surface area contributed by atoms with E-state index in [2.05, 4.69) is 20.3 Å². The summed E-state index contributed by atoms with van der Waals surface area (Å²) in [5.74, 6) is -1.16. The number of aromatic nitrogens is 3. The van der Waals surface area contributed by atoms with Crippen LogP contribution in [0.4, 0.5) is 10.3 Å². The standard InChI is InChI=1S/C12H11FN4O2/c1-7-6-9(19-2)16-12(15-7)17-11(18)8-4-3-5-14-10(8)13/h3-6H,1-2H3,(H,15,16,17,18). The molecule has 98 valence electrons. The maximum Gasteiger partial charge on any atom is 0.262 e. The molecule has 1 amide bonds. The molecule has 19 heavy (non-hydrogen) atoms. The fraction of sp³-hybridized carbons (Fsp3) is 0.167. The van der Waals surface area contributed by atoms with Crippen LogP contribution in [0.25, 0.3) is 0 Å². The van der Waals surface area contributed by atoms with Crippen LogP contribution in [0, 0.1) is 12.9 Å². The van der Waals surface area contributed by atoms with Gasteiger partial charge >= 0.3 is 0 Å². The highest BCUT2D eigenvalue weighted by Gasteiger charge is 2.14. The Labute approximate surface area is 108 Å². The van der Waals surface area contributed by atoms with Crippen LogP contribution < -0.4 is 10.1 Å². The number of hydrogen-bond donors (Lipinski definition) is 1. The first-order chi connectivity index (χ1) is 9.10. The number of nitrogens with zero attached hydrogens (tertiary/aromatic N) is 3. The van der Waals surface area contributed by atoms with Crippen LogP contribution in [0.1, 0.15) is 16.1 Å². The Morgan fingerprint density at radius 1 is 1.42 bits per heavy atom. The summed E-state index contributed by atoms with van der Waals surface area (Å²) in [7, 11) is 1.45. The van der Waals surface area contributed by atoms with Crippen LogP contribution in [0.15, 0.2) is 24.4 Å². The number of rotatable bonds is 3. The number of aryl methyl sites for hydroxylation is 1. The molecule has 0 fully saturated rings. The van der Waals surface area contributed by atoms with E-state index in [-0.39, 0.29) is 11.5 Å². The minimum Gasteiger partial charge on any atom is -0.481 e. The van der Waals surface area contributed by atoms with Gasteiger partial charge in [0.1, 0.15) is 0 Å². The minimum atomic E-state index is -0.848. The van der Waals surface area contributed by atoms with Gasteiger partial charge in [0.25, 0.3) is 5.91 Å². The predicted molar refractivity (Wildman–Crippen MR) is 65.5 cm³/mol. The van der Waals surface area contributed by atoms with Crippen LogP contribution in [-0.2, 0) is 0 Å². The molecule has 1 N–H and O–H groups in total. The van der Waals surface area contributed by atoms with Gasteiger partial charge in [0.2, 0.25) is 17.8 Å². The summed E-state index contributed by atoms with van der Waals surface area (Å²) in [4.78, 5) is 23.2. The Balaban J connectivity index is 2.24. The summed E-state index contributed by atoms with van der Waals surface area (Å²) in [6.45, 7) is 1.73. The van der Waals surface area contributed by atoms with Crippen molar-refractivity contribution in [3.63, 3.8) is 0 Å². The normalized spacial score (nSPS) is 10.1.